The van der Waals surface area contributed by atoms with Crippen molar-refractivity contribution in [3.8, 4) is 0 Å². The molecule has 0 saturated carbocycles. The van der Waals surface area contributed by atoms with E-state index in [0.29, 0.717) is 32.7 Å². The Balaban J connectivity index is 1.57. The second-order valence-electron chi connectivity index (χ2n) is 9.46. The lowest BCUT2D eigenvalue weighted by atomic mass is 9.94. The first kappa shape index (κ1) is 26.1. The fraction of sp³-hybridized carbons (Fsp3) is 0.667. The van der Waals surface area contributed by atoms with E-state index < -0.39 is 18.4 Å². The second kappa shape index (κ2) is 10.8. The number of piperazine rings is 1. The number of halogens is 3. The Morgan fingerprint density at radius 1 is 1.09 bits per heavy atom. The number of hydrogen-bond donors (Lipinski definition) is 0. The van der Waals surface area contributed by atoms with Crippen molar-refractivity contribution in [3.05, 3.63) is 29.3 Å². The molecule has 0 aliphatic carbocycles. The number of aryl methyl sites for hydroxylation is 1. The molecule has 7 nitrogen and oxygen atoms in total. The van der Waals surface area contributed by atoms with E-state index in [4.69, 9.17) is 0 Å². The minimum atomic E-state index is -4.56. The molecule has 1 atom stereocenters. The molecule has 1 aromatic rings. The highest BCUT2D eigenvalue weighted by Gasteiger charge is 2.40. The lowest BCUT2D eigenvalue weighted by Gasteiger charge is -2.37. The summed E-state index contributed by atoms with van der Waals surface area (Å²) in [6.07, 6.45) is -5.96. The van der Waals surface area contributed by atoms with Crippen LogP contribution in [0.4, 0.5) is 23.7 Å². The predicted octanol–water partition coefficient (Wildman–Crippen LogP) is 3.50. The van der Waals surface area contributed by atoms with E-state index in [9.17, 15) is 22.8 Å². The lowest BCUT2D eigenvalue weighted by Crippen LogP contribution is -2.49. The molecule has 190 valence electrons. The first-order chi connectivity index (χ1) is 16.0. The quantitative estimate of drug-likeness (QED) is 0.640. The topological polar surface area (TPSA) is 56.3 Å². The fourth-order valence-electron chi connectivity index (χ4n) is 4.46. The molecule has 1 aromatic carbocycles. The zero-order chi connectivity index (χ0) is 25.0. The SMILES string of the molecule is Cc1ccc(CN2CCN(C(=O)OC(C)C(F)(F)F)CC2)c(N2CCC(C(=O)N(C)C)CC2)c1. The van der Waals surface area contributed by atoms with Gasteiger partial charge in [-0.25, -0.2) is 4.79 Å². The van der Waals surface area contributed by atoms with Crippen molar-refractivity contribution in [1.82, 2.24) is 14.7 Å². The van der Waals surface area contributed by atoms with Crippen LogP contribution >= 0.6 is 0 Å². The van der Waals surface area contributed by atoms with E-state index in [-0.39, 0.29) is 11.8 Å². The monoisotopic (exact) mass is 484 g/mol. The van der Waals surface area contributed by atoms with Gasteiger partial charge in [-0.2, -0.15) is 13.2 Å². The number of benzene rings is 1. The maximum absolute atomic E-state index is 12.7. The molecule has 0 spiro atoms. The van der Waals surface area contributed by atoms with Crippen molar-refractivity contribution in [3.63, 3.8) is 0 Å². The average molecular weight is 485 g/mol. The molecule has 0 N–H and O–H groups in total. The Morgan fingerprint density at radius 2 is 1.71 bits per heavy atom. The van der Waals surface area contributed by atoms with Crippen LogP contribution in [0.2, 0.25) is 0 Å². The molecular weight excluding hydrogens is 449 g/mol. The third kappa shape index (κ3) is 6.55. The van der Waals surface area contributed by atoms with Crippen molar-refractivity contribution >= 4 is 17.7 Å². The van der Waals surface area contributed by atoms with E-state index in [1.165, 1.54) is 10.5 Å². The highest BCUT2D eigenvalue weighted by atomic mass is 19.4. The molecule has 2 amide bonds. The summed E-state index contributed by atoms with van der Waals surface area (Å²) in [4.78, 5) is 31.9. The highest BCUT2D eigenvalue weighted by Crippen LogP contribution is 2.29. The number of amides is 2. The summed E-state index contributed by atoms with van der Waals surface area (Å²) >= 11 is 0. The van der Waals surface area contributed by atoms with Crippen LogP contribution in [0.1, 0.15) is 30.9 Å². The number of ether oxygens (including phenoxy) is 1. The van der Waals surface area contributed by atoms with Crippen LogP contribution in [0.25, 0.3) is 0 Å². The molecule has 0 radical (unpaired) electrons. The van der Waals surface area contributed by atoms with Crippen LogP contribution in [0.5, 0.6) is 0 Å². The van der Waals surface area contributed by atoms with Gasteiger partial charge in [0.2, 0.25) is 5.91 Å². The van der Waals surface area contributed by atoms with Crippen molar-refractivity contribution in [1.29, 1.82) is 0 Å². The molecule has 2 saturated heterocycles. The minimum Gasteiger partial charge on any atom is -0.437 e. The second-order valence-corrected chi connectivity index (χ2v) is 9.46. The zero-order valence-corrected chi connectivity index (χ0v) is 20.4. The summed E-state index contributed by atoms with van der Waals surface area (Å²) in [6.45, 7) is 6.98. The molecule has 3 rings (SSSR count). The van der Waals surface area contributed by atoms with Crippen LogP contribution in [0.3, 0.4) is 0 Å². The molecule has 0 aromatic heterocycles. The number of rotatable bonds is 5. The van der Waals surface area contributed by atoms with Gasteiger partial charge in [-0.15, -0.1) is 0 Å². The first-order valence-electron chi connectivity index (χ1n) is 11.8. The number of hydrogen-bond acceptors (Lipinski definition) is 5. The summed E-state index contributed by atoms with van der Waals surface area (Å²) in [7, 11) is 3.59. The number of carbonyl (C=O) groups excluding carboxylic acids is 2. The standard InChI is InChI=1S/C24H35F3N4O3/c1-17-5-6-20(21(15-17)30-9-7-19(8-10-30)22(32)28(3)4)16-29-11-13-31(14-12-29)23(33)34-18(2)24(25,26)27/h5-6,15,18-19H,7-14,16H2,1-4H3. The normalized spacial score (nSPS) is 19.1. The van der Waals surface area contributed by atoms with Gasteiger partial charge in [0.25, 0.3) is 0 Å². The van der Waals surface area contributed by atoms with Crippen LogP contribution in [-0.4, -0.2) is 92.3 Å². The number of alkyl halides is 3. The van der Waals surface area contributed by atoms with Gasteiger partial charge in [-0.05, 0) is 43.9 Å². The van der Waals surface area contributed by atoms with Crippen molar-refractivity contribution in [2.45, 2.75) is 45.5 Å². The third-order valence-electron chi connectivity index (χ3n) is 6.63. The zero-order valence-electron chi connectivity index (χ0n) is 20.4. The van der Waals surface area contributed by atoms with Gasteiger partial charge in [-0.3, -0.25) is 9.69 Å². The highest BCUT2D eigenvalue weighted by molar-refractivity contribution is 5.78. The summed E-state index contributed by atoms with van der Waals surface area (Å²) in [6, 6.07) is 6.37. The Hall–Kier alpha value is -2.49. The summed E-state index contributed by atoms with van der Waals surface area (Å²) in [5, 5.41) is 0. The number of anilines is 1. The van der Waals surface area contributed by atoms with Gasteiger partial charge in [0.1, 0.15) is 0 Å². The van der Waals surface area contributed by atoms with E-state index in [1.54, 1.807) is 19.0 Å². The lowest BCUT2D eigenvalue weighted by molar-refractivity contribution is -0.200. The molecular formula is C24H35F3N4O3. The van der Waals surface area contributed by atoms with Crippen molar-refractivity contribution in [2.24, 2.45) is 5.92 Å². The first-order valence-corrected chi connectivity index (χ1v) is 11.8. The van der Waals surface area contributed by atoms with Crippen molar-refractivity contribution in [2.75, 3.05) is 58.3 Å². The van der Waals surface area contributed by atoms with Crippen molar-refractivity contribution < 1.29 is 27.5 Å². The average Bonchev–Trinajstić information content (AvgIpc) is 2.79. The molecule has 1 unspecified atom stereocenters. The van der Waals surface area contributed by atoms with Crippen LogP contribution in [0, 0.1) is 12.8 Å². The minimum absolute atomic E-state index is 0.0624. The van der Waals surface area contributed by atoms with Gasteiger partial charge in [0.05, 0.1) is 0 Å². The summed E-state index contributed by atoms with van der Waals surface area (Å²) in [5.41, 5.74) is 3.50. The molecule has 2 aliphatic rings. The number of carbonyl (C=O) groups is 2. The van der Waals surface area contributed by atoms with Crippen LogP contribution < -0.4 is 4.90 Å². The maximum Gasteiger partial charge on any atom is 0.425 e. The van der Waals surface area contributed by atoms with Crippen LogP contribution in [-0.2, 0) is 16.1 Å². The Bertz CT molecular complexity index is 862. The van der Waals surface area contributed by atoms with Crippen LogP contribution in [0.15, 0.2) is 18.2 Å². The van der Waals surface area contributed by atoms with Gasteiger partial charge in [0.15, 0.2) is 6.10 Å². The summed E-state index contributed by atoms with van der Waals surface area (Å²) < 4.78 is 42.6. The maximum atomic E-state index is 12.7. The Morgan fingerprint density at radius 3 is 2.26 bits per heavy atom. The predicted molar refractivity (Wildman–Crippen MR) is 124 cm³/mol. The van der Waals surface area contributed by atoms with Gasteiger partial charge in [-0.1, -0.05) is 12.1 Å². The Labute approximate surface area is 199 Å². The van der Waals surface area contributed by atoms with Gasteiger partial charge < -0.3 is 19.4 Å². The Kier molecular flexibility index (Phi) is 8.33. The molecule has 2 fully saturated rings. The van der Waals surface area contributed by atoms with E-state index in [0.717, 1.165) is 44.1 Å². The summed E-state index contributed by atoms with van der Waals surface area (Å²) in [5.74, 6) is 0.248. The fourth-order valence-corrected chi connectivity index (χ4v) is 4.46. The number of nitrogens with zero attached hydrogens (tertiary/aromatic N) is 4. The smallest absolute Gasteiger partial charge is 0.425 e. The van der Waals surface area contributed by atoms with E-state index in [1.807, 2.05) is 0 Å². The van der Waals surface area contributed by atoms with E-state index in [2.05, 4.69) is 39.7 Å². The third-order valence-corrected chi connectivity index (χ3v) is 6.63. The number of piperidine rings is 1. The van der Waals surface area contributed by atoms with E-state index >= 15 is 0 Å². The molecule has 2 heterocycles. The molecule has 0 bridgehead atoms. The molecule has 2 aliphatic heterocycles. The van der Waals surface area contributed by atoms with Gasteiger partial charge in [0, 0.05) is 71.5 Å². The molecule has 10 heteroatoms. The largest absolute Gasteiger partial charge is 0.437 e. The molecule has 34 heavy (non-hydrogen) atoms. The van der Waals surface area contributed by atoms with Gasteiger partial charge >= 0.3 is 12.3 Å².